The van der Waals surface area contributed by atoms with Gasteiger partial charge in [-0.05, 0) is 37.6 Å². The predicted octanol–water partition coefficient (Wildman–Crippen LogP) is 1.03. The molecule has 0 aromatic heterocycles. The molecule has 9 heteroatoms. The minimum Gasteiger partial charge on any atom is -0.480 e. The van der Waals surface area contributed by atoms with E-state index in [1.54, 1.807) is 19.1 Å². The number of benzene rings is 1. The number of hydrogen-bond acceptors (Lipinski definition) is 4. The molecule has 132 valence electrons. The number of hydrogen-bond donors (Lipinski definition) is 3. The van der Waals surface area contributed by atoms with E-state index in [9.17, 15) is 22.4 Å². The molecule has 24 heavy (non-hydrogen) atoms. The number of aliphatic carboxylic acids is 1. The molecular formula is C15H19FN2O5S. The molecule has 0 aliphatic rings. The highest BCUT2D eigenvalue weighted by Gasteiger charge is 2.19. The van der Waals surface area contributed by atoms with Crippen LogP contribution in [-0.2, 0) is 19.6 Å². The molecule has 0 saturated carbocycles. The molecule has 0 bridgehead atoms. The Balaban J connectivity index is 2.52. The Morgan fingerprint density at radius 2 is 1.92 bits per heavy atom. The SMILES string of the molecule is C/C=C/CC(NC(=O)CCNS(=O)(=O)c1ccc(F)cc1)C(=O)O. The largest absolute Gasteiger partial charge is 0.480 e. The van der Waals surface area contributed by atoms with Gasteiger partial charge in [0.05, 0.1) is 4.90 Å². The van der Waals surface area contributed by atoms with Crippen LogP contribution in [0.2, 0.25) is 0 Å². The smallest absolute Gasteiger partial charge is 0.326 e. The van der Waals surface area contributed by atoms with Crippen LogP contribution in [0, 0.1) is 5.82 Å². The zero-order valence-corrected chi connectivity index (χ0v) is 13.8. The molecule has 1 amide bonds. The highest BCUT2D eigenvalue weighted by Crippen LogP contribution is 2.09. The van der Waals surface area contributed by atoms with Crippen molar-refractivity contribution in [2.24, 2.45) is 0 Å². The second-order valence-electron chi connectivity index (χ2n) is 4.86. The Kier molecular flexibility index (Phi) is 7.53. The van der Waals surface area contributed by atoms with Crippen LogP contribution < -0.4 is 10.0 Å². The van der Waals surface area contributed by atoms with Crippen molar-refractivity contribution in [2.75, 3.05) is 6.54 Å². The van der Waals surface area contributed by atoms with E-state index in [0.29, 0.717) is 0 Å². The lowest BCUT2D eigenvalue weighted by molar-refractivity contribution is -0.141. The number of amides is 1. The first-order chi connectivity index (χ1) is 11.3. The van der Waals surface area contributed by atoms with Crippen LogP contribution in [0.25, 0.3) is 0 Å². The number of carboxylic acid groups (broad SMARTS) is 1. The molecule has 0 radical (unpaired) electrons. The summed E-state index contributed by atoms with van der Waals surface area (Å²) in [7, 11) is -3.86. The van der Waals surface area contributed by atoms with Crippen molar-refractivity contribution in [1.29, 1.82) is 0 Å². The molecule has 0 aliphatic carbocycles. The van der Waals surface area contributed by atoms with Crippen LogP contribution in [0.5, 0.6) is 0 Å². The third kappa shape index (κ3) is 6.47. The van der Waals surface area contributed by atoms with E-state index < -0.39 is 33.8 Å². The Hall–Kier alpha value is -2.26. The monoisotopic (exact) mass is 358 g/mol. The lowest BCUT2D eigenvalue weighted by Crippen LogP contribution is -2.41. The van der Waals surface area contributed by atoms with Gasteiger partial charge in [-0.3, -0.25) is 4.79 Å². The second-order valence-corrected chi connectivity index (χ2v) is 6.63. The summed E-state index contributed by atoms with van der Waals surface area (Å²) in [6, 6.07) is 3.17. The van der Waals surface area contributed by atoms with Crippen LogP contribution in [0.15, 0.2) is 41.3 Å². The molecule has 1 rings (SSSR count). The lowest BCUT2D eigenvalue weighted by atomic mass is 10.2. The second kappa shape index (κ2) is 9.14. The molecule has 0 spiro atoms. The Bertz CT molecular complexity index is 701. The van der Waals surface area contributed by atoms with Gasteiger partial charge >= 0.3 is 5.97 Å². The maximum atomic E-state index is 12.8. The van der Waals surface area contributed by atoms with E-state index in [0.717, 1.165) is 24.3 Å². The number of carboxylic acids is 1. The van der Waals surface area contributed by atoms with Gasteiger partial charge in [0.15, 0.2) is 0 Å². The fourth-order valence-electron chi connectivity index (χ4n) is 1.76. The summed E-state index contributed by atoms with van der Waals surface area (Å²) in [6.45, 7) is 1.52. The summed E-state index contributed by atoms with van der Waals surface area (Å²) in [4.78, 5) is 22.6. The number of carbonyl (C=O) groups is 2. The van der Waals surface area contributed by atoms with Crippen LogP contribution in [0.1, 0.15) is 19.8 Å². The quantitative estimate of drug-likeness (QED) is 0.571. The highest BCUT2D eigenvalue weighted by molar-refractivity contribution is 7.89. The van der Waals surface area contributed by atoms with Crippen LogP contribution >= 0.6 is 0 Å². The van der Waals surface area contributed by atoms with Gasteiger partial charge in [0.25, 0.3) is 0 Å². The van der Waals surface area contributed by atoms with Crippen molar-refractivity contribution < 1.29 is 27.5 Å². The molecule has 7 nitrogen and oxygen atoms in total. The molecule has 0 saturated heterocycles. The normalized spacial score (nSPS) is 12.9. The number of nitrogens with one attached hydrogen (secondary N) is 2. The standard InChI is InChI=1S/C15H19FN2O5S/c1-2-3-4-13(15(20)21)18-14(19)9-10-17-24(22,23)12-7-5-11(16)6-8-12/h2-3,5-8,13,17H,4,9-10H2,1H3,(H,18,19)(H,20,21)/b3-2+. The fourth-order valence-corrected chi connectivity index (χ4v) is 2.79. The summed E-state index contributed by atoms with van der Waals surface area (Å²) in [5.74, 6) is -2.32. The lowest BCUT2D eigenvalue weighted by Gasteiger charge is -2.13. The topological polar surface area (TPSA) is 113 Å². The first kappa shape index (κ1) is 19.8. The van der Waals surface area contributed by atoms with Crippen LogP contribution in [-0.4, -0.2) is 38.0 Å². The van der Waals surface area contributed by atoms with Crippen molar-refractivity contribution in [3.8, 4) is 0 Å². The van der Waals surface area contributed by atoms with Gasteiger partial charge in [-0.1, -0.05) is 12.2 Å². The van der Waals surface area contributed by atoms with Gasteiger partial charge in [-0.2, -0.15) is 0 Å². The van der Waals surface area contributed by atoms with E-state index >= 15 is 0 Å². The molecule has 0 fully saturated rings. The third-order valence-electron chi connectivity index (χ3n) is 3.01. The minimum absolute atomic E-state index is 0.124. The summed E-state index contributed by atoms with van der Waals surface area (Å²) >= 11 is 0. The maximum Gasteiger partial charge on any atom is 0.326 e. The molecule has 0 heterocycles. The van der Waals surface area contributed by atoms with E-state index in [-0.39, 0.29) is 24.3 Å². The third-order valence-corrected chi connectivity index (χ3v) is 4.49. The number of halogens is 1. The fraction of sp³-hybridized carbons (Fsp3) is 0.333. The van der Waals surface area contributed by atoms with Crippen LogP contribution in [0.4, 0.5) is 4.39 Å². The molecule has 1 atom stereocenters. The average molecular weight is 358 g/mol. The van der Waals surface area contributed by atoms with Gasteiger partial charge in [-0.15, -0.1) is 0 Å². The Morgan fingerprint density at radius 3 is 2.46 bits per heavy atom. The zero-order chi connectivity index (χ0) is 18.2. The Morgan fingerprint density at radius 1 is 1.29 bits per heavy atom. The van der Waals surface area contributed by atoms with Gasteiger partial charge in [-0.25, -0.2) is 22.3 Å². The minimum atomic E-state index is -3.86. The summed E-state index contributed by atoms with van der Waals surface area (Å²) in [6.07, 6.45) is 3.19. The first-order valence-corrected chi connectivity index (χ1v) is 8.63. The number of allylic oxidation sites excluding steroid dienone is 1. The van der Waals surface area contributed by atoms with Gasteiger partial charge in [0.2, 0.25) is 15.9 Å². The first-order valence-electron chi connectivity index (χ1n) is 7.15. The number of sulfonamides is 1. The van der Waals surface area contributed by atoms with Gasteiger partial charge < -0.3 is 10.4 Å². The Labute approximate surface area is 139 Å². The van der Waals surface area contributed by atoms with Crippen molar-refractivity contribution in [2.45, 2.75) is 30.7 Å². The van der Waals surface area contributed by atoms with Crippen molar-refractivity contribution in [3.63, 3.8) is 0 Å². The van der Waals surface area contributed by atoms with Crippen LogP contribution in [0.3, 0.4) is 0 Å². The molecule has 1 unspecified atom stereocenters. The van der Waals surface area contributed by atoms with E-state index in [1.165, 1.54) is 0 Å². The highest BCUT2D eigenvalue weighted by atomic mass is 32.2. The van der Waals surface area contributed by atoms with Crippen molar-refractivity contribution >= 4 is 21.9 Å². The maximum absolute atomic E-state index is 12.8. The van der Waals surface area contributed by atoms with Crippen molar-refractivity contribution in [1.82, 2.24) is 10.0 Å². The number of rotatable bonds is 9. The molecular weight excluding hydrogens is 339 g/mol. The van der Waals surface area contributed by atoms with Crippen molar-refractivity contribution in [3.05, 3.63) is 42.2 Å². The molecule has 1 aromatic carbocycles. The average Bonchev–Trinajstić information content (AvgIpc) is 2.51. The van der Waals surface area contributed by atoms with E-state index in [1.807, 2.05) is 0 Å². The number of carbonyl (C=O) groups excluding carboxylic acids is 1. The predicted molar refractivity (Wildman–Crippen MR) is 85.2 cm³/mol. The molecule has 0 aliphatic heterocycles. The van der Waals surface area contributed by atoms with E-state index in [4.69, 9.17) is 5.11 Å². The summed E-state index contributed by atoms with van der Waals surface area (Å²) in [5, 5.41) is 11.3. The zero-order valence-electron chi connectivity index (χ0n) is 13.0. The summed E-state index contributed by atoms with van der Waals surface area (Å²) in [5.41, 5.74) is 0. The molecule has 3 N–H and O–H groups in total. The van der Waals surface area contributed by atoms with Gasteiger partial charge in [0, 0.05) is 13.0 Å². The van der Waals surface area contributed by atoms with Gasteiger partial charge in [0.1, 0.15) is 11.9 Å². The summed E-state index contributed by atoms with van der Waals surface area (Å²) < 4.78 is 38.8. The molecule has 1 aromatic rings. The van der Waals surface area contributed by atoms with E-state index in [2.05, 4.69) is 10.0 Å².